The number of carboxylic acid groups (broad SMARTS) is 1. The Morgan fingerprint density at radius 3 is 2.35 bits per heavy atom. The first kappa shape index (κ1) is 12.7. The minimum Gasteiger partial charge on any atom is -0.481 e. The van der Waals surface area contributed by atoms with Gasteiger partial charge in [0.1, 0.15) is 0 Å². The van der Waals surface area contributed by atoms with Gasteiger partial charge in [-0.15, -0.1) is 0 Å². The molecular weight excluding hydrogens is 248 g/mol. The zero-order valence-electron chi connectivity index (χ0n) is 11.1. The first-order valence-corrected chi connectivity index (χ1v) is 6.83. The molecule has 20 heavy (non-hydrogen) atoms. The lowest BCUT2D eigenvalue weighted by Crippen LogP contribution is -2.06. The van der Waals surface area contributed by atoms with E-state index < -0.39 is 5.97 Å². The van der Waals surface area contributed by atoms with Crippen LogP contribution in [-0.4, -0.2) is 11.1 Å². The molecule has 0 amide bonds. The largest absolute Gasteiger partial charge is 0.481 e. The van der Waals surface area contributed by atoms with Crippen LogP contribution in [0.1, 0.15) is 18.4 Å². The summed E-state index contributed by atoms with van der Waals surface area (Å²) in [5.74, 6) is -1.05. The van der Waals surface area contributed by atoms with E-state index in [1.54, 1.807) is 0 Å². The second-order valence-electron chi connectivity index (χ2n) is 5.12. The molecule has 0 bridgehead atoms. The summed E-state index contributed by atoms with van der Waals surface area (Å²) < 4.78 is 0. The monoisotopic (exact) mass is 264 g/mol. The topological polar surface area (TPSA) is 37.3 Å². The molecule has 1 aliphatic carbocycles. The van der Waals surface area contributed by atoms with Gasteiger partial charge in [0.05, 0.1) is 5.92 Å². The molecule has 0 fully saturated rings. The third kappa shape index (κ3) is 2.50. The van der Waals surface area contributed by atoms with Crippen LogP contribution in [0.2, 0.25) is 0 Å². The van der Waals surface area contributed by atoms with Crippen molar-refractivity contribution >= 4 is 11.5 Å². The second-order valence-corrected chi connectivity index (χ2v) is 5.12. The number of allylic oxidation sites excluding steroid dienone is 1. The van der Waals surface area contributed by atoms with Gasteiger partial charge < -0.3 is 5.11 Å². The molecule has 0 saturated carbocycles. The van der Waals surface area contributed by atoms with Crippen LogP contribution in [0.25, 0.3) is 16.7 Å². The highest BCUT2D eigenvalue weighted by atomic mass is 16.4. The van der Waals surface area contributed by atoms with Crippen LogP contribution < -0.4 is 0 Å². The SMILES string of the molecule is O=C(O)[C@H]1C=C(c2cccc(-c3ccccc3)c2)CC1. The predicted molar refractivity (Wildman–Crippen MR) is 80.2 cm³/mol. The van der Waals surface area contributed by atoms with Gasteiger partial charge in [-0.2, -0.15) is 0 Å². The van der Waals surface area contributed by atoms with Gasteiger partial charge in [0.15, 0.2) is 0 Å². The Labute approximate surface area is 118 Å². The van der Waals surface area contributed by atoms with Crippen molar-refractivity contribution in [3.05, 3.63) is 66.2 Å². The Morgan fingerprint density at radius 1 is 0.950 bits per heavy atom. The fraction of sp³-hybridized carbons (Fsp3) is 0.167. The fourth-order valence-electron chi connectivity index (χ4n) is 2.68. The van der Waals surface area contributed by atoms with Crippen molar-refractivity contribution in [3.63, 3.8) is 0 Å². The molecule has 0 aliphatic heterocycles. The summed E-state index contributed by atoms with van der Waals surface area (Å²) in [4.78, 5) is 11.0. The van der Waals surface area contributed by atoms with Crippen LogP contribution >= 0.6 is 0 Å². The van der Waals surface area contributed by atoms with Gasteiger partial charge in [0.25, 0.3) is 0 Å². The lowest BCUT2D eigenvalue weighted by atomic mass is 9.99. The Bertz CT molecular complexity index is 656. The summed E-state index contributed by atoms with van der Waals surface area (Å²) in [7, 11) is 0. The van der Waals surface area contributed by atoms with Crippen LogP contribution in [0.15, 0.2) is 60.7 Å². The number of hydrogen-bond donors (Lipinski definition) is 1. The maximum Gasteiger partial charge on any atom is 0.310 e. The van der Waals surface area contributed by atoms with Gasteiger partial charge in [-0.05, 0) is 41.2 Å². The van der Waals surface area contributed by atoms with Crippen molar-refractivity contribution in [2.45, 2.75) is 12.8 Å². The van der Waals surface area contributed by atoms with Crippen molar-refractivity contribution < 1.29 is 9.90 Å². The van der Waals surface area contributed by atoms with Gasteiger partial charge in [0.2, 0.25) is 0 Å². The van der Waals surface area contributed by atoms with E-state index in [0.29, 0.717) is 6.42 Å². The fourth-order valence-corrected chi connectivity index (χ4v) is 2.68. The number of benzene rings is 2. The van der Waals surface area contributed by atoms with E-state index in [2.05, 4.69) is 30.3 Å². The number of carboxylic acids is 1. The van der Waals surface area contributed by atoms with Crippen molar-refractivity contribution in [2.24, 2.45) is 5.92 Å². The molecule has 0 aromatic heterocycles. The van der Waals surface area contributed by atoms with E-state index in [-0.39, 0.29) is 5.92 Å². The number of aliphatic carboxylic acids is 1. The van der Waals surface area contributed by atoms with Crippen molar-refractivity contribution in [1.29, 1.82) is 0 Å². The molecule has 2 heteroatoms. The molecule has 100 valence electrons. The van der Waals surface area contributed by atoms with Crippen molar-refractivity contribution in [1.82, 2.24) is 0 Å². The van der Waals surface area contributed by atoms with E-state index in [4.69, 9.17) is 5.11 Å². The van der Waals surface area contributed by atoms with Crippen LogP contribution in [0.5, 0.6) is 0 Å². The van der Waals surface area contributed by atoms with Gasteiger partial charge in [-0.1, -0.05) is 54.6 Å². The molecule has 2 aromatic carbocycles. The Kier molecular flexibility index (Phi) is 3.38. The highest BCUT2D eigenvalue weighted by Crippen LogP contribution is 2.33. The minimum atomic E-state index is -0.723. The van der Waals surface area contributed by atoms with E-state index in [9.17, 15) is 4.79 Å². The molecule has 1 aliphatic rings. The summed E-state index contributed by atoms with van der Waals surface area (Å²) >= 11 is 0. The van der Waals surface area contributed by atoms with Gasteiger partial charge in [0, 0.05) is 0 Å². The molecule has 0 unspecified atom stereocenters. The lowest BCUT2D eigenvalue weighted by Gasteiger charge is -2.06. The van der Waals surface area contributed by atoms with Crippen molar-refractivity contribution in [3.8, 4) is 11.1 Å². The minimum absolute atomic E-state index is 0.328. The summed E-state index contributed by atoms with van der Waals surface area (Å²) in [6.45, 7) is 0. The van der Waals surface area contributed by atoms with E-state index in [1.165, 1.54) is 11.1 Å². The highest BCUT2D eigenvalue weighted by molar-refractivity contribution is 5.81. The predicted octanol–water partition coefficient (Wildman–Crippen LogP) is 4.23. The molecule has 0 spiro atoms. The molecule has 1 atom stereocenters. The highest BCUT2D eigenvalue weighted by Gasteiger charge is 2.22. The standard InChI is InChI=1S/C18H16O2/c19-18(20)17-10-9-16(12-17)15-8-4-7-14(11-15)13-5-2-1-3-6-13/h1-8,11-12,17H,9-10H2,(H,19,20)/t17-/m1/s1. The average molecular weight is 264 g/mol. The molecule has 0 radical (unpaired) electrons. The Balaban J connectivity index is 1.93. The smallest absolute Gasteiger partial charge is 0.310 e. The Morgan fingerprint density at radius 2 is 1.65 bits per heavy atom. The summed E-state index contributed by atoms with van der Waals surface area (Å²) in [5.41, 5.74) is 4.63. The van der Waals surface area contributed by atoms with E-state index in [0.717, 1.165) is 17.6 Å². The summed E-state index contributed by atoms with van der Waals surface area (Å²) in [6.07, 6.45) is 3.45. The number of hydrogen-bond acceptors (Lipinski definition) is 1. The first-order valence-electron chi connectivity index (χ1n) is 6.83. The summed E-state index contributed by atoms with van der Waals surface area (Å²) in [5, 5.41) is 9.07. The molecule has 2 aromatic rings. The Hall–Kier alpha value is -2.35. The maximum atomic E-state index is 11.0. The molecule has 0 heterocycles. The van der Waals surface area contributed by atoms with Crippen LogP contribution in [-0.2, 0) is 4.79 Å². The molecule has 1 N–H and O–H groups in total. The third-order valence-corrected chi connectivity index (χ3v) is 3.78. The maximum absolute atomic E-state index is 11.0. The average Bonchev–Trinajstić information content (AvgIpc) is 2.98. The van der Waals surface area contributed by atoms with E-state index >= 15 is 0 Å². The van der Waals surface area contributed by atoms with Crippen LogP contribution in [0.3, 0.4) is 0 Å². The van der Waals surface area contributed by atoms with E-state index in [1.807, 2.05) is 30.3 Å². The number of rotatable bonds is 3. The second kappa shape index (κ2) is 5.33. The van der Waals surface area contributed by atoms with Gasteiger partial charge in [-0.3, -0.25) is 4.79 Å². The quantitative estimate of drug-likeness (QED) is 0.900. The third-order valence-electron chi connectivity index (χ3n) is 3.78. The van der Waals surface area contributed by atoms with Crippen LogP contribution in [0, 0.1) is 5.92 Å². The molecule has 2 nitrogen and oxygen atoms in total. The molecule has 3 rings (SSSR count). The van der Waals surface area contributed by atoms with Crippen LogP contribution in [0.4, 0.5) is 0 Å². The first-order chi connectivity index (χ1) is 9.74. The van der Waals surface area contributed by atoms with Gasteiger partial charge in [-0.25, -0.2) is 0 Å². The lowest BCUT2D eigenvalue weighted by molar-refractivity contribution is -0.140. The zero-order chi connectivity index (χ0) is 13.9. The molecule has 0 saturated heterocycles. The zero-order valence-corrected chi connectivity index (χ0v) is 11.1. The summed E-state index contributed by atoms with van der Waals surface area (Å²) in [6, 6.07) is 18.5. The van der Waals surface area contributed by atoms with Crippen molar-refractivity contribution in [2.75, 3.05) is 0 Å². The molecular formula is C18H16O2. The number of carbonyl (C=O) groups is 1. The normalized spacial score (nSPS) is 17.8. The van der Waals surface area contributed by atoms with Gasteiger partial charge >= 0.3 is 5.97 Å².